The smallest absolute Gasteiger partial charge is 0.276 e. The van der Waals surface area contributed by atoms with Crippen molar-refractivity contribution in [3.63, 3.8) is 0 Å². The number of rotatable bonds is 3. The Balaban J connectivity index is 2.08. The molecule has 1 aliphatic rings. The first-order valence-corrected chi connectivity index (χ1v) is 7.30. The lowest BCUT2D eigenvalue weighted by Crippen LogP contribution is -1.94. The second-order valence-electron chi connectivity index (χ2n) is 5.36. The molecule has 0 amide bonds. The van der Waals surface area contributed by atoms with E-state index in [1.807, 2.05) is 30.3 Å². The second-order valence-corrected chi connectivity index (χ2v) is 5.36. The van der Waals surface area contributed by atoms with Gasteiger partial charge in [0.2, 0.25) is 0 Å². The van der Waals surface area contributed by atoms with Gasteiger partial charge in [-0.25, -0.2) is 0 Å². The number of benzene rings is 2. The molecule has 3 rings (SSSR count). The van der Waals surface area contributed by atoms with E-state index in [0.29, 0.717) is 0 Å². The summed E-state index contributed by atoms with van der Waals surface area (Å²) in [5.41, 5.74) is 4.26. The largest absolute Gasteiger partial charge is 0.497 e. The van der Waals surface area contributed by atoms with Crippen molar-refractivity contribution in [1.82, 2.24) is 0 Å². The predicted octanol–water partition coefficient (Wildman–Crippen LogP) is 4.48. The highest BCUT2D eigenvalue weighted by molar-refractivity contribution is 5.86. The van der Waals surface area contributed by atoms with Crippen LogP contribution in [0.25, 0.3) is 11.6 Å². The molecule has 0 atom stereocenters. The van der Waals surface area contributed by atoms with Crippen LogP contribution in [0.2, 0.25) is 0 Å². The van der Waals surface area contributed by atoms with Crippen molar-refractivity contribution in [2.24, 2.45) is 0 Å². The van der Waals surface area contributed by atoms with Crippen LogP contribution in [0.4, 0.5) is 5.69 Å². The lowest BCUT2D eigenvalue weighted by molar-refractivity contribution is -0.385. The molecule has 0 aliphatic heterocycles. The van der Waals surface area contributed by atoms with Crippen LogP contribution in [-0.4, -0.2) is 12.0 Å². The first kappa shape index (κ1) is 14.3. The van der Waals surface area contributed by atoms with Gasteiger partial charge in [0.25, 0.3) is 5.69 Å². The number of nitrogens with zero attached hydrogens (tertiary/aromatic N) is 1. The SMILES string of the molecule is COc1ccc2c(c1)CCCC(c1ccccc1[N+](=O)[O-])=C2. The third kappa shape index (κ3) is 2.72. The average Bonchev–Trinajstić information content (AvgIpc) is 2.76. The van der Waals surface area contributed by atoms with Gasteiger partial charge in [-0.3, -0.25) is 10.1 Å². The Bertz CT molecular complexity index is 750. The van der Waals surface area contributed by atoms with Gasteiger partial charge in [-0.05, 0) is 54.2 Å². The minimum absolute atomic E-state index is 0.172. The van der Waals surface area contributed by atoms with Gasteiger partial charge in [-0.1, -0.05) is 24.3 Å². The molecule has 0 fully saturated rings. The van der Waals surface area contributed by atoms with E-state index in [4.69, 9.17) is 4.74 Å². The number of hydrogen-bond donors (Lipinski definition) is 0. The van der Waals surface area contributed by atoms with Crippen LogP contribution in [0, 0.1) is 10.1 Å². The molecule has 112 valence electrons. The number of para-hydroxylation sites is 1. The second kappa shape index (κ2) is 6.02. The maximum atomic E-state index is 11.2. The third-order valence-electron chi connectivity index (χ3n) is 4.02. The lowest BCUT2D eigenvalue weighted by Gasteiger charge is -2.07. The summed E-state index contributed by atoms with van der Waals surface area (Å²) < 4.78 is 5.27. The van der Waals surface area contributed by atoms with Gasteiger partial charge < -0.3 is 4.74 Å². The highest BCUT2D eigenvalue weighted by Crippen LogP contribution is 2.34. The molecule has 0 unspecified atom stereocenters. The van der Waals surface area contributed by atoms with E-state index in [9.17, 15) is 10.1 Å². The normalized spacial score (nSPS) is 13.8. The van der Waals surface area contributed by atoms with E-state index in [1.54, 1.807) is 19.2 Å². The maximum absolute atomic E-state index is 11.2. The molecule has 22 heavy (non-hydrogen) atoms. The fourth-order valence-electron chi connectivity index (χ4n) is 2.91. The molecule has 0 spiro atoms. The number of nitro benzene ring substituents is 1. The first-order chi connectivity index (χ1) is 10.7. The van der Waals surface area contributed by atoms with Crippen LogP contribution in [0.15, 0.2) is 42.5 Å². The van der Waals surface area contributed by atoms with Gasteiger partial charge in [0.15, 0.2) is 0 Å². The topological polar surface area (TPSA) is 52.4 Å². The number of allylic oxidation sites excluding steroid dienone is 1. The predicted molar refractivity (Wildman–Crippen MR) is 86.9 cm³/mol. The summed E-state index contributed by atoms with van der Waals surface area (Å²) in [5, 5.41) is 11.2. The Morgan fingerprint density at radius 2 is 1.95 bits per heavy atom. The molecule has 1 aliphatic carbocycles. The fourth-order valence-corrected chi connectivity index (χ4v) is 2.91. The molecular formula is C18H17NO3. The van der Waals surface area contributed by atoms with E-state index in [0.717, 1.165) is 41.7 Å². The van der Waals surface area contributed by atoms with Gasteiger partial charge in [-0.2, -0.15) is 0 Å². The molecule has 0 heterocycles. The first-order valence-electron chi connectivity index (χ1n) is 7.30. The summed E-state index contributed by atoms with van der Waals surface area (Å²) in [6.45, 7) is 0. The molecule has 0 radical (unpaired) electrons. The van der Waals surface area contributed by atoms with E-state index in [1.165, 1.54) is 5.56 Å². The molecule has 0 bridgehead atoms. The molecule has 0 aromatic heterocycles. The van der Waals surface area contributed by atoms with Crippen molar-refractivity contribution in [3.05, 3.63) is 69.3 Å². The van der Waals surface area contributed by atoms with Gasteiger partial charge in [0.1, 0.15) is 5.75 Å². The number of ether oxygens (including phenoxy) is 1. The van der Waals surface area contributed by atoms with Crippen LogP contribution in [0.1, 0.15) is 29.5 Å². The Labute approximate surface area is 129 Å². The Morgan fingerprint density at radius 3 is 2.73 bits per heavy atom. The highest BCUT2D eigenvalue weighted by Gasteiger charge is 2.18. The van der Waals surface area contributed by atoms with Crippen LogP contribution >= 0.6 is 0 Å². The number of methoxy groups -OCH3 is 1. The minimum atomic E-state index is -0.310. The summed E-state index contributed by atoms with van der Waals surface area (Å²) in [6.07, 6.45) is 4.83. The monoisotopic (exact) mass is 295 g/mol. The van der Waals surface area contributed by atoms with Crippen LogP contribution < -0.4 is 4.74 Å². The van der Waals surface area contributed by atoms with Crippen LogP contribution in [0.3, 0.4) is 0 Å². The Morgan fingerprint density at radius 1 is 1.14 bits per heavy atom. The highest BCUT2D eigenvalue weighted by atomic mass is 16.6. The summed E-state index contributed by atoms with van der Waals surface area (Å²) >= 11 is 0. The zero-order valence-corrected chi connectivity index (χ0v) is 12.4. The van der Waals surface area contributed by atoms with Crippen molar-refractivity contribution >= 4 is 17.3 Å². The standard InChI is InChI=1S/C18H17NO3/c1-22-16-10-9-14-11-15(6-4-5-13(14)12-16)17-7-2-3-8-18(17)19(20)21/h2-3,7-12H,4-6H2,1H3. The number of fused-ring (bicyclic) bond motifs is 1. The van der Waals surface area contributed by atoms with Crippen molar-refractivity contribution < 1.29 is 9.66 Å². The third-order valence-corrected chi connectivity index (χ3v) is 4.02. The zero-order chi connectivity index (χ0) is 15.5. The van der Waals surface area contributed by atoms with Crippen molar-refractivity contribution in [3.8, 4) is 5.75 Å². The molecule has 0 saturated heterocycles. The van der Waals surface area contributed by atoms with Gasteiger partial charge in [-0.15, -0.1) is 0 Å². The van der Waals surface area contributed by atoms with Gasteiger partial charge in [0, 0.05) is 6.07 Å². The average molecular weight is 295 g/mol. The Hall–Kier alpha value is -2.62. The van der Waals surface area contributed by atoms with E-state index >= 15 is 0 Å². The molecule has 2 aromatic rings. The fraction of sp³-hybridized carbons (Fsp3) is 0.222. The number of hydrogen-bond acceptors (Lipinski definition) is 3. The van der Waals surface area contributed by atoms with Crippen LogP contribution in [0.5, 0.6) is 5.75 Å². The number of nitro groups is 1. The van der Waals surface area contributed by atoms with Crippen molar-refractivity contribution in [2.75, 3.05) is 7.11 Å². The molecular weight excluding hydrogens is 278 g/mol. The van der Waals surface area contributed by atoms with Crippen molar-refractivity contribution in [1.29, 1.82) is 0 Å². The molecule has 0 N–H and O–H groups in total. The minimum Gasteiger partial charge on any atom is -0.497 e. The zero-order valence-electron chi connectivity index (χ0n) is 12.4. The van der Waals surface area contributed by atoms with E-state index in [2.05, 4.69) is 6.08 Å². The van der Waals surface area contributed by atoms with Gasteiger partial charge >= 0.3 is 0 Å². The summed E-state index contributed by atoms with van der Waals surface area (Å²) in [7, 11) is 1.66. The maximum Gasteiger partial charge on any atom is 0.276 e. The van der Waals surface area contributed by atoms with Crippen LogP contribution in [-0.2, 0) is 6.42 Å². The summed E-state index contributed by atoms with van der Waals surface area (Å²) in [5.74, 6) is 0.848. The molecule has 4 heteroatoms. The van der Waals surface area contributed by atoms with Gasteiger partial charge in [0.05, 0.1) is 17.6 Å². The quantitative estimate of drug-likeness (QED) is 0.619. The Kier molecular flexibility index (Phi) is 3.92. The molecule has 0 saturated carbocycles. The van der Waals surface area contributed by atoms with E-state index in [-0.39, 0.29) is 10.6 Å². The molecule has 4 nitrogen and oxygen atoms in total. The van der Waals surface area contributed by atoms with Crippen molar-refractivity contribution in [2.45, 2.75) is 19.3 Å². The summed E-state index contributed by atoms with van der Waals surface area (Å²) in [6, 6.07) is 13.0. The number of aryl methyl sites for hydroxylation is 1. The summed E-state index contributed by atoms with van der Waals surface area (Å²) in [4.78, 5) is 10.9. The van der Waals surface area contributed by atoms with E-state index < -0.39 is 0 Å². The lowest BCUT2D eigenvalue weighted by atomic mass is 9.99. The molecule has 2 aromatic carbocycles.